The van der Waals surface area contributed by atoms with Crippen LogP contribution < -0.4 is 5.32 Å². The van der Waals surface area contributed by atoms with Gasteiger partial charge in [-0.05, 0) is 37.5 Å². The third kappa shape index (κ3) is 5.07. The lowest BCUT2D eigenvalue weighted by Crippen LogP contribution is -2.25. The summed E-state index contributed by atoms with van der Waals surface area (Å²) in [4.78, 5) is 11.9. The molecule has 100 valence electrons. The summed E-state index contributed by atoms with van der Waals surface area (Å²) in [5.74, 6) is -0.0721. The van der Waals surface area contributed by atoms with Crippen molar-refractivity contribution in [2.75, 3.05) is 13.2 Å². The van der Waals surface area contributed by atoms with Crippen LogP contribution in [0.4, 0.5) is 0 Å². The van der Waals surface area contributed by atoms with Crippen molar-refractivity contribution in [2.24, 2.45) is 0 Å². The number of rotatable bonds is 7. The lowest BCUT2D eigenvalue weighted by Gasteiger charge is -2.08. The highest BCUT2D eigenvalue weighted by Crippen LogP contribution is 2.15. The highest BCUT2D eigenvalue weighted by molar-refractivity contribution is 6.31. The maximum Gasteiger partial charge on any atom is 0.251 e. The van der Waals surface area contributed by atoms with E-state index in [4.69, 9.17) is 16.7 Å². The minimum Gasteiger partial charge on any atom is -0.396 e. The molecule has 1 rings (SSSR count). The van der Waals surface area contributed by atoms with Crippen LogP contribution >= 0.6 is 11.6 Å². The zero-order chi connectivity index (χ0) is 13.4. The first-order valence-corrected chi connectivity index (χ1v) is 6.68. The summed E-state index contributed by atoms with van der Waals surface area (Å²) < 4.78 is 0. The molecule has 1 aromatic rings. The largest absolute Gasteiger partial charge is 0.396 e. The maximum atomic E-state index is 11.9. The molecule has 0 heterocycles. The topological polar surface area (TPSA) is 49.3 Å². The van der Waals surface area contributed by atoms with Gasteiger partial charge < -0.3 is 10.4 Å². The summed E-state index contributed by atoms with van der Waals surface area (Å²) >= 11 is 5.88. The number of carbonyl (C=O) groups excluding carboxylic acids is 1. The molecule has 0 aliphatic heterocycles. The minimum atomic E-state index is -0.0721. The maximum absolute atomic E-state index is 11.9. The molecule has 2 N–H and O–H groups in total. The van der Waals surface area contributed by atoms with Crippen LogP contribution in [0.5, 0.6) is 0 Å². The van der Waals surface area contributed by atoms with Crippen molar-refractivity contribution in [3.8, 4) is 0 Å². The molecule has 0 spiro atoms. The molecule has 0 aromatic heterocycles. The standard InChI is InChI=1S/C14H20ClNO2/c1-11-6-7-12(15)10-13(11)14(18)16-8-4-2-3-5-9-17/h6-7,10,17H,2-5,8-9H2,1H3,(H,16,18). The van der Waals surface area contributed by atoms with E-state index in [-0.39, 0.29) is 12.5 Å². The predicted molar refractivity (Wildman–Crippen MR) is 74.1 cm³/mol. The molecule has 0 aliphatic rings. The SMILES string of the molecule is Cc1ccc(Cl)cc1C(=O)NCCCCCCO. The van der Waals surface area contributed by atoms with Crippen LogP contribution in [-0.4, -0.2) is 24.2 Å². The minimum absolute atomic E-state index is 0.0721. The Kier molecular flexibility index (Phi) is 6.76. The van der Waals surface area contributed by atoms with Crippen LogP contribution in [0.3, 0.4) is 0 Å². The Hall–Kier alpha value is -1.06. The summed E-state index contributed by atoms with van der Waals surface area (Å²) in [6, 6.07) is 5.32. The first kappa shape index (κ1) is 15.0. The number of hydrogen-bond acceptors (Lipinski definition) is 2. The second kappa shape index (κ2) is 8.11. The number of unbranched alkanes of at least 4 members (excludes halogenated alkanes) is 3. The molecule has 18 heavy (non-hydrogen) atoms. The summed E-state index contributed by atoms with van der Waals surface area (Å²) in [7, 11) is 0. The lowest BCUT2D eigenvalue weighted by atomic mass is 10.1. The van der Waals surface area contributed by atoms with E-state index < -0.39 is 0 Å². The summed E-state index contributed by atoms with van der Waals surface area (Å²) in [6.07, 6.45) is 3.80. The molecule has 4 heteroatoms. The van der Waals surface area contributed by atoms with Crippen LogP contribution in [0.1, 0.15) is 41.6 Å². The molecule has 1 amide bonds. The van der Waals surface area contributed by atoms with Gasteiger partial charge in [0.1, 0.15) is 0 Å². The number of aliphatic hydroxyl groups excluding tert-OH is 1. The van der Waals surface area contributed by atoms with Gasteiger partial charge >= 0.3 is 0 Å². The van der Waals surface area contributed by atoms with Gasteiger partial charge in [-0.1, -0.05) is 30.5 Å². The van der Waals surface area contributed by atoms with E-state index in [0.717, 1.165) is 31.2 Å². The molecular formula is C14H20ClNO2. The van der Waals surface area contributed by atoms with Crippen molar-refractivity contribution in [3.05, 3.63) is 34.3 Å². The number of amides is 1. The number of aryl methyl sites for hydroxylation is 1. The van der Waals surface area contributed by atoms with Gasteiger partial charge in [-0.25, -0.2) is 0 Å². The van der Waals surface area contributed by atoms with Crippen molar-refractivity contribution in [1.82, 2.24) is 5.32 Å². The number of nitrogens with one attached hydrogen (secondary N) is 1. The number of benzene rings is 1. The molecule has 0 unspecified atom stereocenters. The average Bonchev–Trinajstić information content (AvgIpc) is 2.36. The molecule has 0 atom stereocenters. The predicted octanol–water partition coefficient (Wildman–Crippen LogP) is 2.93. The van der Waals surface area contributed by atoms with Gasteiger partial charge in [0.05, 0.1) is 0 Å². The Bertz CT molecular complexity index is 393. The van der Waals surface area contributed by atoms with Crippen molar-refractivity contribution in [2.45, 2.75) is 32.6 Å². The van der Waals surface area contributed by atoms with Gasteiger partial charge in [-0.2, -0.15) is 0 Å². The van der Waals surface area contributed by atoms with Gasteiger partial charge in [0.15, 0.2) is 0 Å². The average molecular weight is 270 g/mol. The van der Waals surface area contributed by atoms with Gasteiger partial charge in [-0.3, -0.25) is 4.79 Å². The summed E-state index contributed by atoms with van der Waals surface area (Å²) in [5.41, 5.74) is 1.56. The molecule has 0 aliphatic carbocycles. The highest BCUT2D eigenvalue weighted by atomic mass is 35.5. The van der Waals surface area contributed by atoms with Gasteiger partial charge in [-0.15, -0.1) is 0 Å². The number of halogens is 1. The normalized spacial score (nSPS) is 10.4. The van der Waals surface area contributed by atoms with Crippen LogP contribution in [0.15, 0.2) is 18.2 Å². The van der Waals surface area contributed by atoms with Crippen molar-refractivity contribution >= 4 is 17.5 Å². The van der Waals surface area contributed by atoms with E-state index in [2.05, 4.69) is 5.32 Å². The molecular weight excluding hydrogens is 250 g/mol. The highest BCUT2D eigenvalue weighted by Gasteiger charge is 2.08. The van der Waals surface area contributed by atoms with E-state index in [1.54, 1.807) is 12.1 Å². The molecule has 1 aromatic carbocycles. The Labute approximate surface area is 113 Å². The monoisotopic (exact) mass is 269 g/mol. The Balaban J connectivity index is 2.34. The third-order valence-electron chi connectivity index (χ3n) is 2.81. The van der Waals surface area contributed by atoms with Gasteiger partial charge in [0, 0.05) is 23.7 Å². The second-order valence-electron chi connectivity index (χ2n) is 4.35. The van der Waals surface area contributed by atoms with E-state index in [9.17, 15) is 4.79 Å². The quantitative estimate of drug-likeness (QED) is 0.748. The molecule has 0 saturated carbocycles. The smallest absolute Gasteiger partial charge is 0.251 e. The van der Waals surface area contributed by atoms with Gasteiger partial charge in [0.25, 0.3) is 5.91 Å². The van der Waals surface area contributed by atoms with E-state index in [1.165, 1.54) is 0 Å². The van der Waals surface area contributed by atoms with Crippen LogP contribution in [-0.2, 0) is 0 Å². The van der Waals surface area contributed by atoms with Crippen LogP contribution in [0, 0.1) is 6.92 Å². The summed E-state index contributed by atoms with van der Waals surface area (Å²) in [5, 5.41) is 12.1. The van der Waals surface area contributed by atoms with Crippen LogP contribution in [0.2, 0.25) is 5.02 Å². The zero-order valence-electron chi connectivity index (χ0n) is 10.7. The van der Waals surface area contributed by atoms with Crippen molar-refractivity contribution in [1.29, 1.82) is 0 Å². The van der Waals surface area contributed by atoms with Crippen LogP contribution in [0.25, 0.3) is 0 Å². The molecule has 0 radical (unpaired) electrons. The summed E-state index contributed by atoms with van der Waals surface area (Å²) in [6.45, 7) is 2.80. The Morgan fingerprint density at radius 3 is 2.72 bits per heavy atom. The second-order valence-corrected chi connectivity index (χ2v) is 4.79. The first-order valence-electron chi connectivity index (χ1n) is 6.30. The third-order valence-corrected chi connectivity index (χ3v) is 3.05. The van der Waals surface area contributed by atoms with Crippen molar-refractivity contribution in [3.63, 3.8) is 0 Å². The fourth-order valence-corrected chi connectivity index (χ4v) is 1.90. The number of aliphatic hydroxyl groups is 1. The molecule has 0 bridgehead atoms. The fraction of sp³-hybridized carbons (Fsp3) is 0.500. The zero-order valence-corrected chi connectivity index (χ0v) is 11.5. The number of carbonyl (C=O) groups is 1. The molecule has 0 fully saturated rings. The molecule has 3 nitrogen and oxygen atoms in total. The van der Waals surface area contributed by atoms with E-state index in [1.807, 2.05) is 13.0 Å². The van der Waals surface area contributed by atoms with Gasteiger partial charge in [0.2, 0.25) is 0 Å². The first-order chi connectivity index (χ1) is 8.65. The lowest BCUT2D eigenvalue weighted by molar-refractivity contribution is 0.0952. The van der Waals surface area contributed by atoms with E-state index >= 15 is 0 Å². The fourth-order valence-electron chi connectivity index (χ4n) is 1.73. The molecule has 0 saturated heterocycles. The van der Waals surface area contributed by atoms with E-state index in [0.29, 0.717) is 17.1 Å². The van der Waals surface area contributed by atoms with Crippen molar-refractivity contribution < 1.29 is 9.90 Å². The number of hydrogen-bond donors (Lipinski definition) is 2. The Morgan fingerprint density at radius 1 is 1.28 bits per heavy atom. The Morgan fingerprint density at radius 2 is 2.00 bits per heavy atom.